The van der Waals surface area contributed by atoms with Crippen LogP contribution in [0.3, 0.4) is 0 Å². The Morgan fingerprint density at radius 2 is 2.11 bits per heavy atom. The molecule has 1 aromatic carbocycles. The van der Waals surface area contributed by atoms with Gasteiger partial charge >= 0.3 is 5.97 Å². The Balaban J connectivity index is 3.12. The van der Waals surface area contributed by atoms with E-state index in [1.165, 1.54) is 26.4 Å². The second-order valence-corrected chi connectivity index (χ2v) is 4.69. The minimum Gasteiger partial charge on any atom is -0.467 e. The van der Waals surface area contributed by atoms with E-state index in [0.29, 0.717) is 5.69 Å². The molecule has 0 aliphatic carbocycles. The molecule has 0 aliphatic heterocycles. The zero-order valence-corrected chi connectivity index (χ0v) is 11.7. The second kappa shape index (κ2) is 6.52. The molecule has 1 rings (SSSR count). The molecule has 0 bridgehead atoms. The first kappa shape index (κ1) is 15.4. The molecular formula is C14H20FNO3. The second-order valence-electron chi connectivity index (χ2n) is 4.69. The number of carbonyl (C=O) groups excluding carboxylic acids is 1. The van der Waals surface area contributed by atoms with E-state index in [2.05, 4.69) is 5.32 Å². The van der Waals surface area contributed by atoms with Crippen LogP contribution >= 0.6 is 0 Å². The summed E-state index contributed by atoms with van der Waals surface area (Å²) in [7, 11) is 2.83. The van der Waals surface area contributed by atoms with E-state index < -0.39 is 11.5 Å². The highest BCUT2D eigenvalue weighted by atomic mass is 19.1. The summed E-state index contributed by atoms with van der Waals surface area (Å²) in [5.74, 6) is -0.901. The maximum absolute atomic E-state index is 13.2. The number of anilines is 1. The molecule has 1 atom stereocenters. The number of halogens is 1. The van der Waals surface area contributed by atoms with Crippen molar-refractivity contribution in [1.82, 2.24) is 0 Å². The number of hydrogen-bond donors (Lipinski definition) is 1. The molecule has 1 aromatic rings. The fourth-order valence-electron chi connectivity index (χ4n) is 1.93. The summed E-state index contributed by atoms with van der Waals surface area (Å²) in [6, 6.07) is 5.94. The lowest BCUT2D eigenvalue weighted by Gasteiger charge is -2.35. The van der Waals surface area contributed by atoms with Crippen LogP contribution in [0.1, 0.15) is 13.8 Å². The van der Waals surface area contributed by atoms with Gasteiger partial charge in [0.1, 0.15) is 5.82 Å². The molecule has 0 saturated carbocycles. The quantitative estimate of drug-likeness (QED) is 0.806. The summed E-state index contributed by atoms with van der Waals surface area (Å²) in [5.41, 5.74) is -0.534. The summed E-state index contributed by atoms with van der Waals surface area (Å²) < 4.78 is 23.2. The molecule has 0 radical (unpaired) electrons. The molecule has 0 amide bonds. The van der Waals surface area contributed by atoms with Crippen LogP contribution in [0, 0.1) is 11.7 Å². The van der Waals surface area contributed by atoms with Crippen molar-refractivity contribution in [3.63, 3.8) is 0 Å². The van der Waals surface area contributed by atoms with E-state index in [-0.39, 0.29) is 18.3 Å². The Bertz CT molecular complexity index is 436. The average molecular weight is 269 g/mol. The predicted molar refractivity (Wildman–Crippen MR) is 71.5 cm³/mol. The highest BCUT2D eigenvalue weighted by Gasteiger charge is 2.43. The maximum Gasteiger partial charge on any atom is 0.334 e. The van der Waals surface area contributed by atoms with Crippen LogP contribution in [0.4, 0.5) is 10.1 Å². The summed E-state index contributed by atoms with van der Waals surface area (Å²) in [4.78, 5) is 12.1. The fourth-order valence-corrected chi connectivity index (χ4v) is 1.93. The molecule has 5 heteroatoms. The van der Waals surface area contributed by atoms with Crippen LogP contribution in [0.25, 0.3) is 0 Å². The summed E-state index contributed by atoms with van der Waals surface area (Å²) >= 11 is 0. The minimum absolute atomic E-state index is 0.0943. The molecule has 0 fully saturated rings. The van der Waals surface area contributed by atoms with Crippen LogP contribution in [0.15, 0.2) is 24.3 Å². The van der Waals surface area contributed by atoms with Gasteiger partial charge < -0.3 is 14.8 Å². The third kappa shape index (κ3) is 3.44. The van der Waals surface area contributed by atoms with E-state index in [4.69, 9.17) is 9.47 Å². The molecule has 0 spiro atoms. The number of esters is 1. The van der Waals surface area contributed by atoms with E-state index in [1.807, 2.05) is 13.8 Å². The van der Waals surface area contributed by atoms with Crippen molar-refractivity contribution in [2.24, 2.45) is 5.92 Å². The lowest BCUT2D eigenvalue weighted by molar-refractivity contribution is -0.150. The minimum atomic E-state index is -1.04. The molecule has 19 heavy (non-hydrogen) atoms. The number of rotatable bonds is 6. The Labute approximate surface area is 112 Å². The number of hydrogen-bond acceptors (Lipinski definition) is 4. The lowest BCUT2D eigenvalue weighted by atomic mass is 9.86. The Hall–Kier alpha value is -1.62. The third-order valence-electron chi connectivity index (χ3n) is 3.10. The van der Waals surface area contributed by atoms with Gasteiger partial charge in [-0.3, -0.25) is 0 Å². The van der Waals surface area contributed by atoms with Crippen molar-refractivity contribution in [1.29, 1.82) is 0 Å². The van der Waals surface area contributed by atoms with Crippen LogP contribution in [-0.4, -0.2) is 32.3 Å². The number of carbonyl (C=O) groups is 1. The van der Waals surface area contributed by atoms with Crippen molar-refractivity contribution >= 4 is 11.7 Å². The third-order valence-corrected chi connectivity index (χ3v) is 3.10. The molecule has 0 aromatic heterocycles. The van der Waals surface area contributed by atoms with Gasteiger partial charge in [0.05, 0.1) is 13.7 Å². The number of methoxy groups -OCH3 is 2. The van der Waals surface area contributed by atoms with E-state index in [0.717, 1.165) is 0 Å². The molecule has 4 nitrogen and oxygen atoms in total. The highest BCUT2D eigenvalue weighted by Crippen LogP contribution is 2.25. The average Bonchev–Trinajstić information content (AvgIpc) is 2.37. The van der Waals surface area contributed by atoms with Gasteiger partial charge in [-0.2, -0.15) is 0 Å². The first-order chi connectivity index (χ1) is 8.96. The number of ether oxygens (including phenoxy) is 2. The fraction of sp³-hybridized carbons (Fsp3) is 0.500. The Morgan fingerprint density at radius 3 is 2.58 bits per heavy atom. The smallest absolute Gasteiger partial charge is 0.334 e. The van der Waals surface area contributed by atoms with Gasteiger partial charge in [0, 0.05) is 12.8 Å². The van der Waals surface area contributed by atoms with Gasteiger partial charge in [0.15, 0.2) is 5.54 Å². The topological polar surface area (TPSA) is 47.6 Å². The zero-order valence-electron chi connectivity index (χ0n) is 11.7. The first-order valence-corrected chi connectivity index (χ1v) is 6.07. The zero-order chi connectivity index (χ0) is 14.5. The molecule has 1 N–H and O–H groups in total. The Morgan fingerprint density at radius 1 is 1.42 bits per heavy atom. The van der Waals surface area contributed by atoms with Crippen molar-refractivity contribution in [2.75, 3.05) is 26.1 Å². The number of benzene rings is 1. The van der Waals surface area contributed by atoms with Crippen molar-refractivity contribution < 1.29 is 18.7 Å². The van der Waals surface area contributed by atoms with Gasteiger partial charge in [0.25, 0.3) is 0 Å². The standard InChI is InChI=1S/C14H20FNO3/c1-10(2)14(9-18-3,13(17)19-4)16-12-7-5-6-11(15)8-12/h5-8,10,16H,9H2,1-4H3. The van der Waals surface area contributed by atoms with Gasteiger partial charge in [-0.25, -0.2) is 9.18 Å². The normalized spacial score (nSPS) is 14.0. The number of nitrogens with one attached hydrogen (secondary N) is 1. The van der Waals surface area contributed by atoms with Gasteiger partial charge in [-0.1, -0.05) is 19.9 Å². The van der Waals surface area contributed by atoms with Gasteiger partial charge in [0.2, 0.25) is 0 Å². The van der Waals surface area contributed by atoms with Gasteiger partial charge in [-0.15, -0.1) is 0 Å². The van der Waals surface area contributed by atoms with E-state index in [1.54, 1.807) is 12.1 Å². The summed E-state index contributed by atoms with van der Waals surface area (Å²) in [6.45, 7) is 3.89. The first-order valence-electron chi connectivity index (χ1n) is 6.07. The van der Waals surface area contributed by atoms with Crippen molar-refractivity contribution in [3.8, 4) is 0 Å². The highest BCUT2D eigenvalue weighted by molar-refractivity contribution is 5.85. The Kier molecular flexibility index (Phi) is 5.30. The van der Waals surface area contributed by atoms with Crippen molar-refractivity contribution in [3.05, 3.63) is 30.1 Å². The largest absolute Gasteiger partial charge is 0.467 e. The van der Waals surface area contributed by atoms with Crippen LogP contribution in [-0.2, 0) is 14.3 Å². The predicted octanol–water partition coefficient (Wildman–Crippen LogP) is 2.45. The molecule has 0 heterocycles. The van der Waals surface area contributed by atoms with Crippen LogP contribution in [0.5, 0.6) is 0 Å². The summed E-state index contributed by atoms with van der Waals surface area (Å²) in [6.07, 6.45) is 0. The molecule has 106 valence electrons. The van der Waals surface area contributed by atoms with Gasteiger partial charge in [-0.05, 0) is 24.1 Å². The molecular weight excluding hydrogens is 249 g/mol. The van der Waals surface area contributed by atoms with E-state index in [9.17, 15) is 9.18 Å². The SMILES string of the molecule is COCC(Nc1cccc(F)c1)(C(=O)OC)C(C)C. The molecule has 1 unspecified atom stereocenters. The lowest BCUT2D eigenvalue weighted by Crippen LogP contribution is -2.55. The monoisotopic (exact) mass is 269 g/mol. The molecule has 0 saturated heterocycles. The maximum atomic E-state index is 13.2. The van der Waals surface area contributed by atoms with Crippen molar-refractivity contribution in [2.45, 2.75) is 19.4 Å². The molecule has 0 aliphatic rings. The van der Waals surface area contributed by atoms with Crippen LogP contribution in [0.2, 0.25) is 0 Å². The van der Waals surface area contributed by atoms with E-state index >= 15 is 0 Å². The summed E-state index contributed by atoms with van der Waals surface area (Å²) in [5, 5.41) is 3.04. The van der Waals surface area contributed by atoms with Crippen LogP contribution < -0.4 is 5.32 Å².